The van der Waals surface area contributed by atoms with Gasteiger partial charge in [0.25, 0.3) is 0 Å². The Morgan fingerprint density at radius 3 is 3.12 bits per heavy atom. The van der Waals surface area contributed by atoms with Gasteiger partial charge in [-0.05, 0) is 18.4 Å². The molecule has 0 fully saturated rings. The Labute approximate surface area is 99.2 Å². The first kappa shape index (κ1) is 13.3. The van der Waals surface area contributed by atoms with Crippen LogP contribution in [0.3, 0.4) is 0 Å². The largest absolute Gasteiger partial charge is 0.466 e. The summed E-state index contributed by atoms with van der Waals surface area (Å²) in [6.07, 6.45) is 3.24. The molecule has 1 aliphatic carbocycles. The summed E-state index contributed by atoms with van der Waals surface area (Å²) in [5.41, 5.74) is 8.86. The lowest BCUT2D eigenvalue weighted by molar-refractivity contribution is -0.136. The summed E-state index contributed by atoms with van der Waals surface area (Å²) in [6, 6.07) is -0.635. The molecule has 1 N–H and O–H groups in total. The van der Waals surface area contributed by atoms with Gasteiger partial charge < -0.3 is 9.84 Å². The molecule has 0 bridgehead atoms. The highest BCUT2D eigenvalue weighted by Gasteiger charge is 2.32. The zero-order chi connectivity index (χ0) is 12.8. The van der Waals surface area contributed by atoms with E-state index in [2.05, 4.69) is 21.3 Å². The number of hydrogen-bond acceptors (Lipinski definition) is 4. The molecule has 1 aliphatic rings. The predicted molar refractivity (Wildman–Crippen MR) is 62.0 cm³/mol. The van der Waals surface area contributed by atoms with Crippen LogP contribution in [0.25, 0.3) is 10.4 Å². The number of azide groups is 1. The molecule has 6 heteroatoms. The second-order valence-electron chi connectivity index (χ2n) is 3.84. The first-order valence-electron chi connectivity index (χ1n) is 5.26. The minimum atomic E-state index is -0.794. The number of hydrogen-bond donors (Lipinski definition) is 1. The van der Waals surface area contributed by atoms with Gasteiger partial charge in [0.15, 0.2) is 0 Å². The summed E-state index contributed by atoms with van der Waals surface area (Å²) in [5, 5.41) is 13.5. The SMILES string of the molecule is C=CC[C@H]1C=C(C(=O)OC)C[C@H](N=[N+]=[N-])[C@H]1O. The van der Waals surface area contributed by atoms with Gasteiger partial charge in [-0.3, -0.25) is 0 Å². The van der Waals surface area contributed by atoms with Crippen LogP contribution in [0.2, 0.25) is 0 Å². The Kier molecular flexibility index (Phi) is 4.75. The zero-order valence-corrected chi connectivity index (χ0v) is 9.61. The molecule has 6 nitrogen and oxygen atoms in total. The molecule has 17 heavy (non-hydrogen) atoms. The predicted octanol–water partition coefficient (Wildman–Crippen LogP) is 1.72. The van der Waals surface area contributed by atoms with Gasteiger partial charge in [-0.15, -0.1) is 6.58 Å². The highest BCUT2D eigenvalue weighted by atomic mass is 16.5. The minimum Gasteiger partial charge on any atom is -0.466 e. The van der Waals surface area contributed by atoms with E-state index in [0.717, 1.165) is 0 Å². The van der Waals surface area contributed by atoms with E-state index in [1.165, 1.54) is 7.11 Å². The van der Waals surface area contributed by atoms with E-state index >= 15 is 0 Å². The maximum absolute atomic E-state index is 11.4. The number of ether oxygens (including phenoxy) is 1. The standard InChI is InChI=1S/C11H15N3O3/c1-3-4-7-5-8(11(16)17-2)6-9(10(7)15)13-14-12/h3,5,7,9-10,15H,1,4,6H2,2H3/t7-,9-,10-/m0/s1. The third kappa shape index (κ3) is 3.09. The van der Waals surface area contributed by atoms with E-state index in [-0.39, 0.29) is 12.3 Å². The molecule has 0 aromatic heterocycles. The first-order chi connectivity index (χ1) is 8.13. The number of nitrogens with zero attached hydrogens (tertiary/aromatic N) is 3. The fourth-order valence-corrected chi connectivity index (χ4v) is 1.91. The van der Waals surface area contributed by atoms with Gasteiger partial charge >= 0.3 is 5.97 Å². The van der Waals surface area contributed by atoms with Gasteiger partial charge in [0.05, 0.1) is 19.3 Å². The van der Waals surface area contributed by atoms with Crippen LogP contribution in [0.1, 0.15) is 12.8 Å². The number of carbonyl (C=O) groups is 1. The smallest absolute Gasteiger partial charge is 0.333 e. The number of rotatable bonds is 4. The maximum atomic E-state index is 11.4. The number of methoxy groups -OCH3 is 1. The zero-order valence-electron chi connectivity index (χ0n) is 9.61. The summed E-state index contributed by atoms with van der Waals surface area (Å²) < 4.78 is 4.63. The van der Waals surface area contributed by atoms with E-state index in [9.17, 15) is 9.90 Å². The number of aliphatic hydroxyl groups is 1. The van der Waals surface area contributed by atoms with E-state index in [1.54, 1.807) is 12.2 Å². The molecule has 1 rings (SSSR count). The lowest BCUT2D eigenvalue weighted by Crippen LogP contribution is -2.36. The molecule has 0 aromatic carbocycles. The van der Waals surface area contributed by atoms with Crippen LogP contribution in [0.4, 0.5) is 0 Å². The Morgan fingerprint density at radius 1 is 1.88 bits per heavy atom. The van der Waals surface area contributed by atoms with Gasteiger partial charge in [0, 0.05) is 16.4 Å². The van der Waals surface area contributed by atoms with Crippen molar-refractivity contribution < 1.29 is 14.6 Å². The van der Waals surface area contributed by atoms with Gasteiger partial charge in [-0.1, -0.05) is 17.3 Å². The van der Waals surface area contributed by atoms with Crippen molar-refractivity contribution in [3.05, 3.63) is 34.7 Å². The molecular formula is C11H15N3O3. The fourth-order valence-electron chi connectivity index (χ4n) is 1.91. The molecule has 0 saturated carbocycles. The van der Waals surface area contributed by atoms with Crippen molar-refractivity contribution in [3.8, 4) is 0 Å². The van der Waals surface area contributed by atoms with Crippen molar-refractivity contribution in [1.82, 2.24) is 0 Å². The topological polar surface area (TPSA) is 95.3 Å². The van der Waals surface area contributed by atoms with Crippen LogP contribution < -0.4 is 0 Å². The molecule has 0 spiro atoms. The summed E-state index contributed by atoms with van der Waals surface area (Å²) in [4.78, 5) is 14.1. The minimum absolute atomic E-state index is 0.200. The molecule has 3 atom stereocenters. The van der Waals surface area contributed by atoms with Gasteiger partial charge in [-0.25, -0.2) is 4.79 Å². The summed E-state index contributed by atoms with van der Waals surface area (Å²) >= 11 is 0. The summed E-state index contributed by atoms with van der Waals surface area (Å²) in [6.45, 7) is 3.59. The molecule has 92 valence electrons. The lowest BCUT2D eigenvalue weighted by Gasteiger charge is -2.29. The molecule has 0 aromatic rings. The second kappa shape index (κ2) is 6.08. The van der Waals surface area contributed by atoms with Crippen LogP contribution in [0.15, 0.2) is 29.4 Å². The number of allylic oxidation sites excluding steroid dienone is 1. The average Bonchev–Trinajstić information content (AvgIpc) is 2.33. The van der Waals surface area contributed by atoms with Crippen LogP contribution in [0.5, 0.6) is 0 Å². The number of aliphatic hydroxyl groups excluding tert-OH is 1. The third-order valence-corrected chi connectivity index (χ3v) is 2.76. The van der Waals surface area contributed by atoms with Crippen LogP contribution in [0, 0.1) is 5.92 Å². The first-order valence-corrected chi connectivity index (χ1v) is 5.26. The Bertz CT molecular complexity index is 385. The highest BCUT2D eigenvalue weighted by Crippen LogP contribution is 2.29. The molecule has 0 amide bonds. The van der Waals surface area contributed by atoms with Crippen molar-refractivity contribution in [2.45, 2.75) is 25.0 Å². The Morgan fingerprint density at radius 2 is 2.59 bits per heavy atom. The fraction of sp³-hybridized carbons (Fsp3) is 0.545. The van der Waals surface area contributed by atoms with Gasteiger partial charge in [-0.2, -0.15) is 0 Å². The average molecular weight is 237 g/mol. The molecule has 0 unspecified atom stereocenters. The quantitative estimate of drug-likeness (QED) is 0.265. The molecule has 0 saturated heterocycles. The van der Waals surface area contributed by atoms with E-state index < -0.39 is 18.1 Å². The highest BCUT2D eigenvalue weighted by molar-refractivity contribution is 5.88. The van der Waals surface area contributed by atoms with Crippen LogP contribution in [-0.2, 0) is 9.53 Å². The van der Waals surface area contributed by atoms with Crippen molar-refractivity contribution in [3.63, 3.8) is 0 Å². The van der Waals surface area contributed by atoms with Crippen molar-refractivity contribution >= 4 is 5.97 Å². The second-order valence-corrected chi connectivity index (χ2v) is 3.84. The van der Waals surface area contributed by atoms with Gasteiger partial charge in [0.1, 0.15) is 0 Å². The van der Waals surface area contributed by atoms with E-state index in [0.29, 0.717) is 12.0 Å². The van der Waals surface area contributed by atoms with E-state index in [1.807, 2.05) is 0 Å². The van der Waals surface area contributed by atoms with Crippen LogP contribution >= 0.6 is 0 Å². The number of carbonyl (C=O) groups excluding carboxylic acids is 1. The molecular weight excluding hydrogens is 222 g/mol. The summed E-state index contributed by atoms with van der Waals surface area (Å²) in [7, 11) is 1.29. The molecule has 0 radical (unpaired) electrons. The molecule has 0 heterocycles. The van der Waals surface area contributed by atoms with Crippen LogP contribution in [-0.4, -0.2) is 30.3 Å². The normalized spacial score (nSPS) is 27.6. The van der Waals surface area contributed by atoms with Gasteiger partial charge in [0.2, 0.25) is 0 Å². The van der Waals surface area contributed by atoms with Crippen molar-refractivity contribution in [1.29, 1.82) is 0 Å². The molecule has 0 aliphatic heterocycles. The number of esters is 1. The summed E-state index contributed by atoms with van der Waals surface area (Å²) in [5.74, 6) is -0.727. The van der Waals surface area contributed by atoms with Crippen molar-refractivity contribution in [2.75, 3.05) is 7.11 Å². The maximum Gasteiger partial charge on any atom is 0.333 e. The lowest BCUT2D eigenvalue weighted by atomic mass is 9.83. The Balaban J connectivity index is 2.99. The Hall–Kier alpha value is -1.78. The monoisotopic (exact) mass is 237 g/mol. The van der Waals surface area contributed by atoms with Crippen molar-refractivity contribution in [2.24, 2.45) is 11.0 Å². The van der Waals surface area contributed by atoms with E-state index in [4.69, 9.17) is 5.53 Å². The third-order valence-electron chi connectivity index (χ3n) is 2.76.